The summed E-state index contributed by atoms with van der Waals surface area (Å²) in [5, 5.41) is 0.636. The summed E-state index contributed by atoms with van der Waals surface area (Å²) in [4.78, 5) is 27.7. The summed E-state index contributed by atoms with van der Waals surface area (Å²) in [5.41, 5.74) is 9.44. The lowest BCUT2D eigenvalue weighted by Gasteiger charge is -2.31. The predicted octanol–water partition coefficient (Wildman–Crippen LogP) is 4.13. The van der Waals surface area contributed by atoms with E-state index in [1.165, 1.54) is 6.33 Å². The summed E-state index contributed by atoms with van der Waals surface area (Å²) in [6.45, 7) is 0. The molecule has 8 heteroatoms. The van der Waals surface area contributed by atoms with Crippen LogP contribution in [-0.4, -0.2) is 27.9 Å². The quantitative estimate of drug-likeness (QED) is 0.482. The first-order valence-corrected chi connectivity index (χ1v) is 10.0. The normalized spacial score (nSPS) is 15.7. The summed E-state index contributed by atoms with van der Waals surface area (Å²) < 4.78 is 6.97. The maximum atomic E-state index is 13.1. The molecule has 0 spiro atoms. The van der Waals surface area contributed by atoms with Gasteiger partial charge < -0.3 is 15.4 Å². The van der Waals surface area contributed by atoms with Gasteiger partial charge in [0, 0.05) is 11.5 Å². The van der Waals surface area contributed by atoms with E-state index in [0.29, 0.717) is 28.3 Å². The molecule has 7 nitrogen and oxygen atoms in total. The van der Waals surface area contributed by atoms with Crippen molar-refractivity contribution in [1.29, 1.82) is 0 Å². The van der Waals surface area contributed by atoms with Crippen LogP contribution in [0.5, 0.6) is 5.75 Å². The molecule has 1 atom stereocenters. The van der Waals surface area contributed by atoms with Gasteiger partial charge in [0.1, 0.15) is 17.9 Å². The fraction of sp³-hybridized carbons (Fsp3) is 0.0909. The van der Waals surface area contributed by atoms with Gasteiger partial charge in [-0.15, -0.1) is 0 Å². The standard InChI is InChI=1S/C22H16BrN5O2/c1-28-16-7-2-3-8-17(16)30-19(22(28)29)15-10-14(12-5-4-6-13(23)9-12)18-20(24)25-11-26-21(18)27-15/h2-11,19H,1H3,(H2,24,25,26,27). The number of anilines is 2. The van der Waals surface area contributed by atoms with E-state index in [4.69, 9.17) is 10.5 Å². The third kappa shape index (κ3) is 2.96. The third-order valence-electron chi connectivity index (χ3n) is 5.08. The Morgan fingerprint density at radius 3 is 2.77 bits per heavy atom. The number of nitrogen functional groups attached to an aromatic ring is 1. The lowest BCUT2D eigenvalue weighted by Crippen LogP contribution is -2.38. The number of halogens is 1. The number of nitrogens with two attached hydrogens (primary N) is 1. The first-order chi connectivity index (χ1) is 14.5. The van der Waals surface area contributed by atoms with Crippen molar-refractivity contribution >= 4 is 44.4 Å². The largest absolute Gasteiger partial charge is 0.472 e. The Kier molecular flexibility index (Phi) is 4.36. The molecule has 0 saturated carbocycles. The SMILES string of the molecule is CN1C(=O)C(c2cc(-c3cccc(Br)c3)c3c(N)ncnc3n2)Oc2ccccc21. The number of carbonyl (C=O) groups is 1. The zero-order valence-corrected chi connectivity index (χ0v) is 17.5. The number of aromatic nitrogens is 3. The molecule has 2 N–H and O–H groups in total. The molecule has 1 aliphatic rings. The number of carbonyl (C=O) groups excluding carboxylic acids is 1. The first-order valence-electron chi connectivity index (χ1n) is 9.23. The van der Waals surface area contributed by atoms with Crippen LogP contribution < -0.4 is 15.4 Å². The Labute approximate surface area is 180 Å². The maximum Gasteiger partial charge on any atom is 0.274 e. The lowest BCUT2D eigenvalue weighted by molar-refractivity contribution is -0.126. The molecule has 2 aromatic heterocycles. The van der Waals surface area contributed by atoms with E-state index < -0.39 is 6.10 Å². The average molecular weight is 462 g/mol. The van der Waals surface area contributed by atoms with E-state index >= 15 is 0 Å². The molecule has 30 heavy (non-hydrogen) atoms. The van der Waals surface area contributed by atoms with Gasteiger partial charge in [-0.1, -0.05) is 40.2 Å². The van der Waals surface area contributed by atoms with Crippen molar-refractivity contribution in [2.75, 3.05) is 17.7 Å². The number of pyridine rings is 1. The molecular formula is C22H16BrN5O2. The van der Waals surface area contributed by atoms with Crippen molar-refractivity contribution in [3.63, 3.8) is 0 Å². The number of amides is 1. The summed E-state index contributed by atoms with van der Waals surface area (Å²) >= 11 is 3.51. The Hall–Kier alpha value is -3.52. The molecule has 148 valence electrons. The third-order valence-corrected chi connectivity index (χ3v) is 5.58. The highest BCUT2D eigenvalue weighted by Crippen LogP contribution is 2.39. The smallest absolute Gasteiger partial charge is 0.274 e. The first kappa shape index (κ1) is 18.5. The molecule has 3 heterocycles. The topological polar surface area (TPSA) is 94.2 Å². The van der Waals surface area contributed by atoms with Gasteiger partial charge >= 0.3 is 0 Å². The Bertz CT molecular complexity index is 1310. The average Bonchev–Trinajstić information content (AvgIpc) is 2.76. The van der Waals surface area contributed by atoms with Gasteiger partial charge in [-0.05, 0) is 41.5 Å². The molecule has 0 radical (unpaired) electrons. The van der Waals surface area contributed by atoms with Crippen molar-refractivity contribution in [1.82, 2.24) is 15.0 Å². The summed E-state index contributed by atoms with van der Waals surface area (Å²) in [6.07, 6.45) is 0.473. The monoisotopic (exact) mass is 461 g/mol. The Morgan fingerprint density at radius 1 is 1.10 bits per heavy atom. The van der Waals surface area contributed by atoms with Crippen LogP contribution in [0.1, 0.15) is 11.8 Å². The fourth-order valence-corrected chi connectivity index (χ4v) is 4.02. The van der Waals surface area contributed by atoms with Crippen LogP contribution >= 0.6 is 15.9 Å². The summed E-state index contributed by atoms with van der Waals surface area (Å²) in [6, 6.07) is 17.0. The second-order valence-electron chi connectivity index (χ2n) is 6.93. The number of nitrogens with zero attached hydrogens (tertiary/aromatic N) is 4. The molecular weight excluding hydrogens is 446 g/mol. The molecule has 1 aliphatic heterocycles. The molecule has 0 fully saturated rings. The zero-order chi connectivity index (χ0) is 20.8. The van der Waals surface area contributed by atoms with Gasteiger partial charge in [-0.25, -0.2) is 15.0 Å². The maximum absolute atomic E-state index is 13.1. The molecule has 4 aromatic rings. The van der Waals surface area contributed by atoms with Crippen LogP contribution in [0.4, 0.5) is 11.5 Å². The minimum Gasteiger partial charge on any atom is -0.472 e. The van der Waals surface area contributed by atoms with Crippen LogP contribution in [-0.2, 0) is 4.79 Å². The van der Waals surface area contributed by atoms with E-state index in [1.54, 1.807) is 11.9 Å². The van der Waals surface area contributed by atoms with Crippen molar-refractivity contribution in [2.24, 2.45) is 0 Å². The second-order valence-corrected chi connectivity index (χ2v) is 7.84. The number of para-hydroxylation sites is 2. The van der Waals surface area contributed by atoms with E-state index in [2.05, 4.69) is 30.9 Å². The number of fused-ring (bicyclic) bond motifs is 2. The van der Waals surface area contributed by atoms with E-state index in [-0.39, 0.29) is 5.91 Å². The van der Waals surface area contributed by atoms with E-state index in [1.807, 2.05) is 54.6 Å². The highest BCUT2D eigenvalue weighted by atomic mass is 79.9. The molecule has 1 amide bonds. The van der Waals surface area contributed by atoms with Crippen LogP contribution in [0.2, 0.25) is 0 Å². The number of hydrogen-bond donors (Lipinski definition) is 1. The van der Waals surface area contributed by atoms with Gasteiger partial charge in [-0.2, -0.15) is 0 Å². The number of ether oxygens (including phenoxy) is 1. The van der Waals surface area contributed by atoms with Crippen LogP contribution in [0.15, 0.2) is 65.4 Å². The number of rotatable bonds is 2. The van der Waals surface area contributed by atoms with Gasteiger partial charge in [0.15, 0.2) is 5.65 Å². The highest BCUT2D eigenvalue weighted by Gasteiger charge is 2.35. The van der Waals surface area contributed by atoms with Crippen LogP contribution in [0.25, 0.3) is 22.2 Å². The molecule has 0 aliphatic carbocycles. The minimum absolute atomic E-state index is 0.206. The van der Waals surface area contributed by atoms with Crippen molar-refractivity contribution in [3.05, 3.63) is 71.1 Å². The number of benzene rings is 2. The molecule has 5 rings (SSSR count). The zero-order valence-electron chi connectivity index (χ0n) is 15.9. The van der Waals surface area contributed by atoms with Gasteiger partial charge in [0.25, 0.3) is 5.91 Å². The predicted molar refractivity (Wildman–Crippen MR) is 118 cm³/mol. The molecule has 2 aromatic carbocycles. The summed E-state index contributed by atoms with van der Waals surface area (Å²) in [7, 11) is 1.73. The highest BCUT2D eigenvalue weighted by molar-refractivity contribution is 9.10. The summed E-state index contributed by atoms with van der Waals surface area (Å²) in [5.74, 6) is 0.743. The molecule has 0 bridgehead atoms. The minimum atomic E-state index is -0.892. The molecule has 0 saturated heterocycles. The second kappa shape index (κ2) is 7.07. The van der Waals surface area contributed by atoms with E-state index in [0.717, 1.165) is 21.3 Å². The van der Waals surface area contributed by atoms with Crippen molar-refractivity contribution < 1.29 is 9.53 Å². The Balaban J connectivity index is 1.72. The van der Waals surface area contributed by atoms with Crippen molar-refractivity contribution in [3.8, 4) is 16.9 Å². The number of hydrogen-bond acceptors (Lipinski definition) is 6. The molecule has 1 unspecified atom stereocenters. The van der Waals surface area contributed by atoms with Crippen molar-refractivity contribution in [2.45, 2.75) is 6.10 Å². The fourth-order valence-electron chi connectivity index (χ4n) is 3.62. The van der Waals surface area contributed by atoms with Gasteiger partial charge in [-0.3, -0.25) is 4.79 Å². The van der Waals surface area contributed by atoms with Crippen LogP contribution in [0, 0.1) is 0 Å². The van der Waals surface area contributed by atoms with Gasteiger partial charge in [0.2, 0.25) is 6.10 Å². The Morgan fingerprint density at radius 2 is 1.93 bits per heavy atom. The van der Waals surface area contributed by atoms with Gasteiger partial charge in [0.05, 0.1) is 16.8 Å². The van der Waals surface area contributed by atoms with E-state index in [9.17, 15) is 4.79 Å². The lowest BCUT2D eigenvalue weighted by atomic mass is 10.00. The van der Waals surface area contributed by atoms with Crippen LogP contribution in [0.3, 0.4) is 0 Å². The number of likely N-dealkylation sites (N-methyl/N-ethyl adjacent to an activating group) is 1.